The largest absolute Gasteiger partial charge is 0.497 e. The van der Waals surface area contributed by atoms with E-state index >= 15 is 0 Å². The Morgan fingerprint density at radius 2 is 2.14 bits per heavy atom. The Morgan fingerprint density at radius 3 is 2.97 bits per heavy atom. The Morgan fingerprint density at radius 1 is 1.21 bits per heavy atom. The zero-order valence-electron chi connectivity index (χ0n) is 15.7. The normalized spacial score (nSPS) is 11.1. The number of hydrogen-bond acceptors (Lipinski definition) is 5. The smallest absolute Gasteiger partial charge is 0.277 e. The lowest BCUT2D eigenvalue weighted by Gasteiger charge is -2.11. The first-order valence-corrected chi connectivity index (χ1v) is 8.97. The van der Waals surface area contributed by atoms with E-state index in [9.17, 15) is 4.79 Å². The molecular weight excluding hydrogens is 370 g/mol. The molecule has 1 amide bonds. The molecule has 2 N–H and O–H groups in total. The van der Waals surface area contributed by atoms with E-state index in [1.165, 1.54) is 0 Å². The number of amides is 1. The highest BCUT2D eigenvalue weighted by Gasteiger charge is 2.12. The number of aromatic amines is 1. The van der Waals surface area contributed by atoms with Crippen molar-refractivity contribution in [3.05, 3.63) is 72.6 Å². The van der Waals surface area contributed by atoms with Crippen molar-refractivity contribution in [1.82, 2.24) is 10.4 Å². The fourth-order valence-electron chi connectivity index (χ4n) is 2.89. The summed E-state index contributed by atoms with van der Waals surface area (Å²) in [6, 6.07) is 16.7. The summed E-state index contributed by atoms with van der Waals surface area (Å²) >= 11 is 0. The van der Waals surface area contributed by atoms with Crippen LogP contribution in [0.2, 0.25) is 0 Å². The number of nitrogens with zero attached hydrogens (tertiary/aromatic N) is 1. The van der Waals surface area contributed by atoms with E-state index in [1.54, 1.807) is 43.9 Å². The average molecular weight is 389 g/mol. The van der Waals surface area contributed by atoms with Gasteiger partial charge in [0.25, 0.3) is 5.91 Å². The monoisotopic (exact) mass is 389 g/mol. The van der Waals surface area contributed by atoms with E-state index in [4.69, 9.17) is 13.9 Å². The summed E-state index contributed by atoms with van der Waals surface area (Å²) < 4.78 is 16.4. The second-order valence-corrected chi connectivity index (χ2v) is 6.25. The van der Waals surface area contributed by atoms with Gasteiger partial charge in [0.15, 0.2) is 6.61 Å². The molecule has 0 unspecified atom stereocenters. The molecule has 0 aliphatic carbocycles. The molecule has 29 heavy (non-hydrogen) atoms. The minimum atomic E-state index is -0.372. The van der Waals surface area contributed by atoms with Gasteiger partial charge in [-0.05, 0) is 53.4 Å². The molecule has 0 saturated carbocycles. The molecule has 2 aromatic heterocycles. The molecule has 0 fully saturated rings. The topological polar surface area (TPSA) is 88.9 Å². The minimum Gasteiger partial charge on any atom is -0.497 e. The number of furan rings is 1. The molecular formula is C22H19N3O4. The standard InChI is InChI=1S/C22H19N3O4/c1-27-17-6-7-21(18(12-17)20-3-2-10-28-20)29-14-22(26)25-24-13-15-4-5-16-8-9-23-19(16)11-15/h2-13,23H,14H2,1H3,(H,25,26)/b24-13+. The van der Waals surface area contributed by atoms with Crippen LogP contribution in [0.4, 0.5) is 0 Å². The number of benzene rings is 2. The predicted octanol–water partition coefficient (Wildman–Crippen LogP) is 3.97. The third-order valence-corrected chi connectivity index (χ3v) is 4.31. The summed E-state index contributed by atoms with van der Waals surface area (Å²) in [7, 11) is 1.58. The fraction of sp³-hybridized carbons (Fsp3) is 0.0909. The zero-order chi connectivity index (χ0) is 20.1. The summed E-state index contributed by atoms with van der Waals surface area (Å²) in [5.74, 6) is 1.43. The van der Waals surface area contributed by atoms with E-state index in [-0.39, 0.29) is 12.5 Å². The average Bonchev–Trinajstić information content (AvgIpc) is 3.43. The number of hydrazone groups is 1. The number of rotatable bonds is 7. The number of carbonyl (C=O) groups is 1. The molecule has 0 atom stereocenters. The highest BCUT2D eigenvalue weighted by molar-refractivity contribution is 5.89. The second kappa shape index (κ2) is 8.35. The lowest BCUT2D eigenvalue weighted by molar-refractivity contribution is -0.123. The van der Waals surface area contributed by atoms with Crippen molar-refractivity contribution in [3.8, 4) is 22.8 Å². The van der Waals surface area contributed by atoms with Crippen molar-refractivity contribution in [2.75, 3.05) is 13.7 Å². The first kappa shape index (κ1) is 18.4. The molecule has 146 valence electrons. The summed E-state index contributed by atoms with van der Waals surface area (Å²) in [4.78, 5) is 15.2. The van der Waals surface area contributed by atoms with Crippen molar-refractivity contribution in [2.45, 2.75) is 0 Å². The lowest BCUT2D eigenvalue weighted by atomic mass is 10.1. The third kappa shape index (κ3) is 4.30. The summed E-state index contributed by atoms with van der Waals surface area (Å²) in [6.45, 7) is -0.187. The second-order valence-electron chi connectivity index (χ2n) is 6.25. The molecule has 0 aliphatic heterocycles. The van der Waals surface area contributed by atoms with Crippen LogP contribution in [0.1, 0.15) is 5.56 Å². The Bertz CT molecular complexity index is 1150. The van der Waals surface area contributed by atoms with E-state index in [0.29, 0.717) is 22.8 Å². The Labute approximate surface area is 166 Å². The van der Waals surface area contributed by atoms with Gasteiger partial charge in [0.2, 0.25) is 0 Å². The first-order valence-electron chi connectivity index (χ1n) is 8.97. The summed E-state index contributed by atoms with van der Waals surface area (Å²) in [6.07, 6.45) is 5.03. The highest BCUT2D eigenvalue weighted by Crippen LogP contribution is 2.33. The van der Waals surface area contributed by atoms with Crippen molar-refractivity contribution in [3.63, 3.8) is 0 Å². The number of hydrogen-bond donors (Lipinski definition) is 2. The molecule has 0 bridgehead atoms. The van der Waals surface area contributed by atoms with Gasteiger partial charge >= 0.3 is 0 Å². The van der Waals surface area contributed by atoms with Gasteiger partial charge in [-0.3, -0.25) is 4.79 Å². The van der Waals surface area contributed by atoms with Crippen LogP contribution in [0, 0.1) is 0 Å². The van der Waals surface area contributed by atoms with Crippen molar-refractivity contribution in [1.29, 1.82) is 0 Å². The van der Waals surface area contributed by atoms with E-state index in [1.807, 2.05) is 36.5 Å². The van der Waals surface area contributed by atoms with Gasteiger partial charge in [0.05, 0.1) is 25.2 Å². The highest BCUT2D eigenvalue weighted by atomic mass is 16.5. The van der Waals surface area contributed by atoms with Crippen molar-refractivity contribution in [2.24, 2.45) is 5.10 Å². The molecule has 4 aromatic rings. The maximum Gasteiger partial charge on any atom is 0.277 e. The molecule has 0 radical (unpaired) electrons. The van der Waals surface area contributed by atoms with Gasteiger partial charge in [0, 0.05) is 11.7 Å². The Kier molecular flexibility index (Phi) is 5.29. The number of carbonyl (C=O) groups excluding carboxylic acids is 1. The van der Waals surface area contributed by atoms with E-state index in [0.717, 1.165) is 16.5 Å². The first-order chi connectivity index (χ1) is 14.2. The van der Waals surface area contributed by atoms with Crippen molar-refractivity contribution >= 4 is 23.0 Å². The van der Waals surface area contributed by atoms with Crippen LogP contribution in [-0.4, -0.2) is 30.8 Å². The number of ether oxygens (including phenoxy) is 2. The molecule has 2 aromatic carbocycles. The van der Waals surface area contributed by atoms with Crippen LogP contribution in [0.3, 0.4) is 0 Å². The summed E-state index contributed by atoms with van der Waals surface area (Å²) in [5, 5.41) is 5.10. The fourth-order valence-corrected chi connectivity index (χ4v) is 2.89. The number of aromatic nitrogens is 1. The van der Waals surface area contributed by atoms with Gasteiger partial charge in [0.1, 0.15) is 17.3 Å². The third-order valence-electron chi connectivity index (χ3n) is 4.31. The predicted molar refractivity (Wildman–Crippen MR) is 110 cm³/mol. The summed E-state index contributed by atoms with van der Waals surface area (Å²) in [5.41, 5.74) is 5.05. The van der Waals surface area contributed by atoms with Crippen LogP contribution < -0.4 is 14.9 Å². The van der Waals surface area contributed by atoms with E-state index < -0.39 is 0 Å². The van der Waals surface area contributed by atoms with Crippen LogP contribution in [0.5, 0.6) is 11.5 Å². The minimum absolute atomic E-state index is 0.187. The maximum absolute atomic E-state index is 12.1. The molecule has 7 heteroatoms. The molecule has 0 spiro atoms. The van der Waals surface area contributed by atoms with Crippen LogP contribution in [0.15, 0.2) is 76.6 Å². The van der Waals surface area contributed by atoms with Crippen LogP contribution in [-0.2, 0) is 4.79 Å². The molecule has 0 saturated heterocycles. The van der Waals surface area contributed by atoms with E-state index in [2.05, 4.69) is 15.5 Å². The van der Waals surface area contributed by atoms with Crippen LogP contribution >= 0.6 is 0 Å². The SMILES string of the molecule is COc1ccc(OCC(=O)N/N=C/c2ccc3cc[nH]c3c2)c(-c2ccco2)c1. The van der Waals surface area contributed by atoms with Crippen molar-refractivity contribution < 1.29 is 18.7 Å². The van der Waals surface area contributed by atoms with Crippen LogP contribution in [0.25, 0.3) is 22.2 Å². The quantitative estimate of drug-likeness (QED) is 0.370. The number of methoxy groups -OCH3 is 1. The Balaban J connectivity index is 1.38. The molecule has 4 rings (SSSR count). The lowest BCUT2D eigenvalue weighted by Crippen LogP contribution is -2.24. The molecule has 0 aliphatic rings. The molecule has 2 heterocycles. The molecule has 7 nitrogen and oxygen atoms in total. The number of nitrogens with one attached hydrogen (secondary N) is 2. The zero-order valence-corrected chi connectivity index (χ0v) is 15.7. The number of H-pyrrole nitrogens is 1. The van der Waals surface area contributed by atoms with Gasteiger partial charge in [-0.15, -0.1) is 0 Å². The Hall–Kier alpha value is -4.00. The van der Waals surface area contributed by atoms with Gasteiger partial charge < -0.3 is 18.9 Å². The van der Waals surface area contributed by atoms with Gasteiger partial charge in [-0.1, -0.05) is 12.1 Å². The maximum atomic E-state index is 12.1. The van der Waals surface area contributed by atoms with Gasteiger partial charge in [-0.25, -0.2) is 5.43 Å². The van der Waals surface area contributed by atoms with Gasteiger partial charge in [-0.2, -0.15) is 5.10 Å². The number of fused-ring (bicyclic) bond motifs is 1.